The van der Waals surface area contributed by atoms with Crippen LogP contribution in [0, 0.1) is 0 Å². The molecule has 0 aliphatic carbocycles. The number of benzene rings is 2. The summed E-state index contributed by atoms with van der Waals surface area (Å²) < 4.78 is 34.5. The highest BCUT2D eigenvalue weighted by Gasteiger charge is 2.52. The van der Waals surface area contributed by atoms with Crippen molar-refractivity contribution in [3.05, 3.63) is 63.6 Å². The third kappa shape index (κ3) is 8.53. The molecule has 5 atom stereocenters. The highest BCUT2D eigenvalue weighted by atomic mass is 79.9. The molecule has 0 radical (unpaired) electrons. The quantitative estimate of drug-likeness (QED) is 0.281. The lowest BCUT2D eigenvalue weighted by Gasteiger charge is -2.44. The summed E-state index contributed by atoms with van der Waals surface area (Å²) in [5.74, 6) is -1.81. The molecule has 0 aromatic heterocycles. The minimum atomic E-state index is -1.23. The number of hydrogen-bond acceptors (Lipinski definition) is 10. The van der Waals surface area contributed by atoms with Gasteiger partial charge in [-0.1, -0.05) is 40.2 Å². The molecule has 0 amide bonds. The summed E-state index contributed by atoms with van der Waals surface area (Å²) >= 11 is 3.61. The summed E-state index contributed by atoms with van der Waals surface area (Å²) in [6.45, 7) is 7.02. The topological polar surface area (TPSA) is 124 Å². The number of esters is 4. The van der Waals surface area contributed by atoms with Crippen LogP contribution >= 0.6 is 15.9 Å². The van der Waals surface area contributed by atoms with Crippen molar-refractivity contribution >= 4 is 39.8 Å². The first-order valence-electron chi connectivity index (χ1n) is 12.8. The van der Waals surface area contributed by atoms with Crippen molar-refractivity contribution < 1.29 is 47.6 Å². The smallest absolute Gasteiger partial charge is 0.303 e. The Hall–Kier alpha value is -3.44. The standard InChI is InChI=1S/C29H33BrO10/c1-6-35-23-10-7-20(8-11-23)13-22-14-21(9-12-24(22)30)26-28(38-18(4)33)29(39-19(5)34)27(37-17(3)32)25(40-26)15-36-16(2)31/h7-12,14,25-29H,6,13,15H2,1-5H3/t25-,26+,27-,28+,29+/m1/s1. The van der Waals surface area contributed by atoms with Gasteiger partial charge in [0.05, 0.1) is 6.61 Å². The van der Waals surface area contributed by atoms with Crippen LogP contribution in [0.15, 0.2) is 46.9 Å². The van der Waals surface area contributed by atoms with E-state index in [0.717, 1.165) is 21.3 Å². The number of ether oxygens (including phenoxy) is 6. The van der Waals surface area contributed by atoms with Crippen molar-refractivity contribution in [2.24, 2.45) is 0 Å². The molecule has 10 nitrogen and oxygen atoms in total. The Morgan fingerprint density at radius 2 is 1.40 bits per heavy atom. The molecule has 1 heterocycles. The summed E-state index contributed by atoms with van der Waals surface area (Å²) in [6.07, 6.45) is -5.02. The zero-order valence-corrected chi connectivity index (χ0v) is 24.6. The lowest BCUT2D eigenvalue weighted by atomic mass is 9.89. The van der Waals surface area contributed by atoms with E-state index in [0.29, 0.717) is 18.6 Å². The monoisotopic (exact) mass is 620 g/mol. The molecular formula is C29H33BrO10. The summed E-state index contributed by atoms with van der Waals surface area (Å²) in [6, 6.07) is 13.3. The van der Waals surface area contributed by atoms with Crippen molar-refractivity contribution in [1.82, 2.24) is 0 Å². The highest BCUT2D eigenvalue weighted by molar-refractivity contribution is 9.10. The first-order valence-corrected chi connectivity index (χ1v) is 13.6. The van der Waals surface area contributed by atoms with Crippen LogP contribution in [0.25, 0.3) is 0 Å². The molecule has 0 spiro atoms. The fourth-order valence-corrected chi connectivity index (χ4v) is 4.88. The molecule has 1 fully saturated rings. The van der Waals surface area contributed by atoms with Crippen LogP contribution in [0.3, 0.4) is 0 Å². The zero-order chi connectivity index (χ0) is 29.4. The average Bonchev–Trinajstić information content (AvgIpc) is 2.87. The van der Waals surface area contributed by atoms with Crippen LogP contribution in [0.1, 0.15) is 57.4 Å². The lowest BCUT2D eigenvalue weighted by Crippen LogP contribution is -2.59. The summed E-state index contributed by atoms with van der Waals surface area (Å²) in [4.78, 5) is 47.9. The zero-order valence-electron chi connectivity index (χ0n) is 23.0. The van der Waals surface area contributed by atoms with E-state index in [4.69, 9.17) is 28.4 Å². The second-order valence-electron chi connectivity index (χ2n) is 9.22. The molecule has 0 N–H and O–H groups in total. The Kier molecular flexibility index (Phi) is 11.1. The minimum absolute atomic E-state index is 0.288. The number of rotatable bonds is 10. The first-order chi connectivity index (χ1) is 19.0. The molecule has 2 aromatic carbocycles. The Balaban J connectivity index is 2.03. The van der Waals surface area contributed by atoms with Gasteiger partial charge in [0.2, 0.25) is 0 Å². The van der Waals surface area contributed by atoms with Crippen LogP contribution in [0.4, 0.5) is 0 Å². The predicted octanol–water partition coefficient (Wildman–Crippen LogP) is 4.24. The van der Waals surface area contributed by atoms with Crippen molar-refractivity contribution in [1.29, 1.82) is 0 Å². The van der Waals surface area contributed by atoms with Gasteiger partial charge in [-0.25, -0.2) is 0 Å². The fraction of sp³-hybridized carbons (Fsp3) is 0.448. The molecule has 1 aliphatic heterocycles. The molecular weight excluding hydrogens is 588 g/mol. The number of carbonyl (C=O) groups is 4. The van der Waals surface area contributed by atoms with Crippen LogP contribution in [-0.2, 0) is 49.3 Å². The van der Waals surface area contributed by atoms with Crippen LogP contribution in [0.5, 0.6) is 5.75 Å². The second-order valence-corrected chi connectivity index (χ2v) is 10.1. The van der Waals surface area contributed by atoms with Gasteiger partial charge in [-0.15, -0.1) is 0 Å². The average molecular weight is 621 g/mol. The molecule has 40 heavy (non-hydrogen) atoms. The van der Waals surface area contributed by atoms with Crippen LogP contribution in [0.2, 0.25) is 0 Å². The van der Waals surface area contributed by atoms with Gasteiger partial charge < -0.3 is 28.4 Å². The van der Waals surface area contributed by atoms with E-state index in [1.165, 1.54) is 27.7 Å². The van der Waals surface area contributed by atoms with Crippen LogP contribution < -0.4 is 4.74 Å². The van der Waals surface area contributed by atoms with Gasteiger partial charge in [-0.3, -0.25) is 19.2 Å². The number of halogens is 1. The van der Waals surface area contributed by atoms with Gasteiger partial charge in [-0.2, -0.15) is 0 Å². The maximum atomic E-state index is 12.2. The molecule has 0 unspecified atom stereocenters. The Morgan fingerprint density at radius 1 is 0.800 bits per heavy atom. The van der Waals surface area contributed by atoms with Crippen molar-refractivity contribution in [2.45, 2.75) is 71.6 Å². The van der Waals surface area contributed by atoms with E-state index in [1.54, 1.807) is 6.07 Å². The Labute approximate surface area is 241 Å². The molecule has 3 rings (SSSR count). The molecule has 0 bridgehead atoms. The molecule has 2 aromatic rings. The van der Waals surface area contributed by atoms with E-state index in [2.05, 4.69) is 15.9 Å². The minimum Gasteiger partial charge on any atom is -0.494 e. The van der Waals surface area contributed by atoms with Gasteiger partial charge in [0.25, 0.3) is 0 Å². The number of hydrogen-bond donors (Lipinski definition) is 0. The van der Waals surface area contributed by atoms with E-state index < -0.39 is 54.4 Å². The van der Waals surface area contributed by atoms with E-state index in [-0.39, 0.29) is 6.61 Å². The maximum absolute atomic E-state index is 12.2. The summed E-state index contributed by atoms with van der Waals surface area (Å²) in [5.41, 5.74) is 2.55. The third-order valence-corrected chi connectivity index (χ3v) is 6.79. The van der Waals surface area contributed by atoms with Gasteiger partial charge in [0, 0.05) is 32.2 Å². The van der Waals surface area contributed by atoms with E-state index >= 15 is 0 Å². The van der Waals surface area contributed by atoms with Crippen molar-refractivity contribution in [3.63, 3.8) is 0 Å². The fourth-order valence-electron chi connectivity index (χ4n) is 4.49. The highest BCUT2D eigenvalue weighted by Crippen LogP contribution is 2.39. The normalized spacial score (nSPS) is 22.1. The van der Waals surface area contributed by atoms with Gasteiger partial charge in [0.15, 0.2) is 18.3 Å². The molecule has 11 heteroatoms. The first kappa shape index (κ1) is 31.1. The van der Waals surface area contributed by atoms with Gasteiger partial charge in [-0.05, 0) is 48.2 Å². The van der Waals surface area contributed by atoms with Gasteiger partial charge >= 0.3 is 23.9 Å². The molecule has 1 aliphatic rings. The van der Waals surface area contributed by atoms with Crippen molar-refractivity contribution in [2.75, 3.05) is 13.2 Å². The van der Waals surface area contributed by atoms with Crippen LogP contribution in [-0.4, -0.2) is 61.5 Å². The second kappa shape index (κ2) is 14.3. The predicted molar refractivity (Wildman–Crippen MR) is 145 cm³/mol. The Morgan fingerprint density at radius 3 is 1.98 bits per heavy atom. The molecule has 216 valence electrons. The lowest BCUT2D eigenvalue weighted by molar-refractivity contribution is -0.254. The molecule has 1 saturated heterocycles. The van der Waals surface area contributed by atoms with Gasteiger partial charge in [0.1, 0.15) is 24.6 Å². The number of carbonyl (C=O) groups excluding carboxylic acids is 4. The maximum Gasteiger partial charge on any atom is 0.303 e. The van der Waals surface area contributed by atoms with E-state index in [1.807, 2.05) is 43.3 Å². The van der Waals surface area contributed by atoms with Crippen molar-refractivity contribution in [3.8, 4) is 5.75 Å². The third-order valence-electron chi connectivity index (χ3n) is 6.02. The molecule has 0 saturated carbocycles. The summed E-state index contributed by atoms with van der Waals surface area (Å²) in [7, 11) is 0. The Bertz CT molecular complexity index is 1210. The summed E-state index contributed by atoms with van der Waals surface area (Å²) in [5, 5.41) is 0. The van der Waals surface area contributed by atoms with E-state index in [9.17, 15) is 19.2 Å². The SMILES string of the molecule is CCOc1ccc(Cc2cc([C@@H]3O[C@H](COC(C)=O)[C@@H](OC(C)=O)[C@H](OC(C)=O)[C@H]3OC(C)=O)ccc2Br)cc1. The largest absolute Gasteiger partial charge is 0.494 e.